The minimum atomic E-state index is -0.256. The van der Waals surface area contributed by atoms with Crippen molar-refractivity contribution in [3.05, 3.63) is 53.1 Å². The molecule has 3 aliphatic heterocycles. The van der Waals surface area contributed by atoms with E-state index in [1.165, 1.54) is 0 Å². The zero-order valence-corrected chi connectivity index (χ0v) is 20.7. The molecule has 0 aromatic heterocycles. The van der Waals surface area contributed by atoms with Crippen LogP contribution in [0, 0.1) is 13.8 Å². The van der Waals surface area contributed by atoms with Gasteiger partial charge in [0.25, 0.3) is 5.91 Å². The molecule has 0 radical (unpaired) electrons. The molecule has 3 amide bonds. The van der Waals surface area contributed by atoms with Crippen LogP contribution in [0.25, 0.3) is 0 Å². The van der Waals surface area contributed by atoms with Gasteiger partial charge in [0.2, 0.25) is 11.8 Å². The van der Waals surface area contributed by atoms with E-state index in [2.05, 4.69) is 16.3 Å². The molecule has 7 heteroatoms. The number of fused-ring (bicyclic) bond motifs is 3. The van der Waals surface area contributed by atoms with E-state index in [0.717, 1.165) is 80.7 Å². The van der Waals surface area contributed by atoms with E-state index in [0.29, 0.717) is 11.3 Å². The van der Waals surface area contributed by atoms with Gasteiger partial charge in [0, 0.05) is 30.9 Å². The van der Waals surface area contributed by atoms with Crippen LogP contribution in [0.3, 0.4) is 0 Å². The predicted molar refractivity (Wildman–Crippen MR) is 138 cm³/mol. The maximum atomic E-state index is 13.6. The van der Waals surface area contributed by atoms with E-state index < -0.39 is 0 Å². The number of nitrogens with one attached hydrogen (secondary N) is 1. The first-order valence-electron chi connectivity index (χ1n) is 12.8. The van der Waals surface area contributed by atoms with Crippen molar-refractivity contribution in [3.63, 3.8) is 0 Å². The topological polar surface area (TPSA) is 73.0 Å². The van der Waals surface area contributed by atoms with Crippen molar-refractivity contribution in [3.8, 4) is 0 Å². The van der Waals surface area contributed by atoms with Crippen LogP contribution in [0.5, 0.6) is 0 Å². The Kier molecular flexibility index (Phi) is 6.50. The number of amides is 3. The molecule has 3 aliphatic rings. The van der Waals surface area contributed by atoms with Crippen molar-refractivity contribution in [2.24, 2.45) is 0 Å². The molecule has 184 valence electrons. The van der Waals surface area contributed by atoms with Crippen LogP contribution in [-0.4, -0.2) is 54.8 Å². The van der Waals surface area contributed by atoms with Crippen LogP contribution in [-0.2, 0) is 9.59 Å². The first-order chi connectivity index (χ1) is 16.9. The molecular formula is C28H34N4O3. The molecule has 0 saturated carbocycles. The Hall–Kier alpha value is -3.35. The van der Waals surface area contributed by atoms with Crippen molar-refractivity contribution in [2.75, 3.05) is 41.3 Å². The summed E-state index contributed by atoms with van der Waals surface area (Å²) >= 11 is 0. The van der Waals surface area contributed by atoms with Crippen LogP contribution >= 0.6 is 0 Å². The number of rotatable bonds is 4. The summed E-state index contributed by atoms with van der Waals surface area (Å²) in [7, 11) is 0. The fourth-order valence-electron chi connectivity index (χ4n) is 5.72. The van der Waals surface area contributed by atoms with Crippen molar-refractivity contribution >= 4 is 34.8 Å². The number of carbonyl (C=O) groups is 3. The summed E-state index contributed by atoms with van der Waals surface area (Å²) in [4.78, 5) is 45.6. The second-order valence-corrected chi connectivity index (χ2v) is 10.1. The Bertz CT molecular complexity index is 1130. The Morgan fingerprint density at radius 1 is 0.886 bits per heavy atom. The van der Waals surface area contributed by atoms with E-state index in [9.17, 15) is 14.4 Å². The Morgan fingerprint density at radius 3 is 2.34 bits per heavy atom. The Balaban J connectivity index is 1.45. The first kappa shape index (κ1) is 23.4. The summed E-state index contributed by atoms with van der Waals surface area (Å²) in [5.74, 6) is -0.304. The summed E-state index contributed by atoms with van der Waals surface area (Å²) in [5, 5.41) is 2.96. The normalized spacial score (nSPS) is 19.8. The lowest BCUT2D eigenvalue weighted by molar-refractivity contribution is -0.123. The number of aryl methyl sites for hydroxylation is 2. The molecule has 0 bridgehead atoms. The van der Waals surface area contributed by atoms with E-state index in [4.69, 9.17) is 0 Å². The summed E-state index contributed by atoms with van der Waals surface area (Å²) < 4.78 is 0. The second kappa shape index (κ2) is 9.72. The maximum Gasteiger partial charge on any atom is 0.253 e. The molecule has 2 saturated heterocycles. The standard InChI is InChI=1S/C28H34N4O3/c1-19-14-20(2)16-22(15-19)29-26(33)18-32-25-17-21(27(34)30-11-5-3-6-12-30)9-10-23(25)31-13-7-4-8-24(31)28(32)35/h9-10,14-17,24H,3-8,11-13,18H2,1-2H3,(H,29,33)/t24-/m1/s1. The number of hydrogen-bond acceptors (Lipinski definition) is 4. The summed E-state index contributed by atoms with van der Waals surface area (Å²) in [5.41, 5.74) is 5.03. The van der Waals surface area contributed by atoms with Crippen LogP contribution in [0.4, 0.5) is 17.1 Å². The van der Waals surface area contributed by atoms with Gasteiger partial charge in [-0.15, -0.1) is 0 Å². The van der Waals surface area contributed by atoms with Gasteiger partial charge < -0.3 is 15.1 Å². The van der Waals surface area contributed by atoms with Crippen LogP contribution < -0.4 is 15.1 Å². The molecule has 2 aromatic carbocycles. The lowest BCUT2D eigenvalue weighted by Crippen LogP contribution is -2.56. The molecule has 2 aromatic rings. The monoisotopic (exact) mass is 474 g/mol. The van der Waals surface area contributed by atoms with E-state index in [-0.39, 0.29) is 30.3 Å². The summed E-state index contributed by atoms with van der Waals surface area (Å²) in [6.07, 6.45) is 6.01. The zero-order chi connectivity index (χ0) is 24.5. The molecule has 1 N–H and O–H groups in total. The van der Waals surface area contributed by atoms with Crippen molar-refractivity contribution < 1.29 is 14.4 Å². The number of anilines is 3. The third kappa shape index (κ3) is 4.77. The summed E-state index contributed by atoms with van der Waals surface area (Å²) in [6, 6.07) is 11.3. The molecule has 35 heavy (non-hydrogen) atoms. The highest BCUT2D eigenvalue weighted by Crippen LogP contribution is 2.40. The van der Waals surface area contributed by atoms with Gasteiger partial charge in [-0.05, 0) is 93.8 Å². The molecule has 0 aliphatic carbocycles. The summed E-state index contributed by atoms with van der Waals surface area (Å²) in [6.45, 7) is 6.25. The highest BCUT2D eigenvalue weighted by atomic mass is 16.2. The number of hydrogen-bond donors (Lipinski definition) is 1. The number of carbonyl (C=O) groups excluding carboxylic acids is 3. The molecule has 3 heterocycles. The lowest BCUT2D eigenvalue weighted by atomic mass is 9.95. The van der Waals surface area contributed by atoms with Gasteiger partial charge in [-0.25, -0.2) is 0 Å². The highest BCUT2D eigenvalue weighted by molar-refractivity contribution is 6.11. The molecule has 7 nitrogen and oxygen atoms in total. The third-order valence-electron chi connectivity index (χ3n) is 7.33. The van der Waals surface area contributed by atoms with Crippen molar-refractivity contribution in [1.82, 2.24) is 4.90 Å². The van der Waals surface area contributed by atoms with Gasteiger partial charge >= 0.3 is 0 Å². The van der Waals surface area contributed by atoms with Crippen molar-refractivity contribution in [2.45, 2.75) is 58.4 Å². The van der Waals surface area contributed by atoms with Gasteiger partial charge in [-0.1, -0.05) is 6.07 Å². The van der Waals surface area contributed by atoms with Crippen LogP contribution in [0.2, 0.25) is 0 Å². The predicted octanol–water partition coefficient (Wildman–Crippen LogP) is 4.27. The quantitative estimate of drug-likeness (QED) is 0.718. The Labute approximate surface area is 207 Å². The van der Waals surface area contributed by atoms with E-state index >= 15 is 0 Å². The van der Waals surface area contributed by atoms with E-state index in [1.807, 2.05) is 49.1 Å². The van der Waals surface area contributed by atoms with E-state index in [1.54, 1.807) is 4.90 Å². The lowest BCUT2D eigenvalue weighted by Gasteiger charge is -2.45. The average molecular weight is 475 g/mol. The fourth-order valence-corrected chi connectivity index (χ4v) is 5.72. The number of likely N-dealkylation sites (tertiary alicyclic amines) is 1. The molecule has 0 spiro atoms. The molecule has 2 fully saturated rings. The molecular weight excluding hydrogens is 440 g/mol. The maximum absolute atomic E-state index is 13.6. The minimum absolute atomic E-state index is 0.000328. The van der Waals surface area contributed by atoms with Gasteiger partial charge in [-0.3, -0.25) is 19.3 Å². The first-order valence-corrected chi connectivity index (χ1v) is 12.8. The average Bonchev–Trinajstić information content (AvgIpc) is 2.85. The molecule has 5 rings (SSSR count). The number of piperidine rings is 2. The number of benzene rings is 2. The Morgan fingerprint density at radius 2 is 1.60 bits per heavy atom. The number of nitrogens with zero attached hydrogens (tertiary/aromatic N) is 3. The van der Waals surface area contributed by atoms with Crippen LogP contribution in [0.1, 0.15) is 60.0 Å². The van der Waals surface area contributed by atoms with Gasteiger partial charge in [-0.2, -0.15) is 0 Å². The molecule has 1 atom stereocenters. The zero-order valence-electron chi connectivity index (χ0n) is 20.7. The smallest absolute Gasteiger partial charge is 0.253 e. The third-order valence-corrected chi connectivity index (χ3v) is 7.33. The SMILES string of the molecule is Cc1cc(C)cc(NC(=O)CN2C(=O)[C@H]3CCCCN3c3ccc(C(=O)N4CCCCC4)cc32)c1. The van der Waals surface area contributed by atoms with Gasteiger partial charge in [0.05, 0.1) is 11.4 Å². The molecule has 0 unspecified atom stereocenters. The van der Waals surface area contributed by atoms with Gasteiger partial charge in [0.15, 0.2) is 0 Å². The minimum Gasteiger partial charge on any atom is -0.358 e. The highest BCUT2D eigenvalue weighted by Gasteiger charge is 2.40. The van der Waals surface area contributed by atoms with Crippen LogP contribution in [0.15, 0.2) is 36.4 Å². The fraction of sp³-hybridized carbons (Fsp3) is 0.464. The second-order valence-electron chi connectivity index (χ2n) is 10.1. The van der Waals surface area contributed by atoms with Gasteiger partial charge in [0.1, 0.15) is 12.6 Å². The largest absolute Gasteiger partial charge is 0.358 e. The van der Waals surface area contributed by atoms with Crippen molar-refractivity contribution in [1.29, 1.82) is 0 Å².